The number of aryl methyl sites for hydroxylation is 1. The smallest absolute Gasteiger partial charge is 0.251 e. The highest BCUT2D eigenvalue weighted by molar-refractivity contribution is 7.11. The van der Waals surface area contributed by atoms with Gasteiger partial charge in [-0.25, -0.2) is 9.98 Å². The van der Waals surface area contributed by atoms with Crippen molar-refractivity contribution in [2.45, 2.75) is 33.2 Å². The Morgan fingerprint density at radius 1 is 1.27 bits per heavy atom. The molecule has 0 atom stereocenters. The van der Waals surface area contributed by atoms with Crippen LogP contribution in [0, 0.1) is 0 Å². The topological polar surface area (TPSA) is 78.4 Å². The first-order chi connectivity index (χ1) is 12.7. The summed E-state index contributed by atoms with van der Waals surface area (Å²) < 4.78 is 0. The molecule has 1 amide bonds. The average Bonchev–Trinajstić information content (AvgIpc) is 3.13. The van der Waals surface area contributed by atoms with Gasteiger partial charge in [0.15, 0.2) is 5.96 Å². The van der Waals surface area contributed by atoms with Crippen LogP contribution >= 0.6 is 11.3 Å². The summed E-state index contributed by atoms with van der Waals surface area (Å²) in [5.74, 6) is 0.681. The first kappa shape index (κ1) is 19.9. The largest absolute Gasteiger partial charge is 0.357 e. The van der Waals surface area contributed by atoms with Crippen molar-refractivity contribution in [1.29, 1.82) is 0 Å². The number of nitrogens with one attached hydrogen (secondary N) is 3. The number of carbonyl (C=O) groups excluding carboxylic acids is 1. The van der Waals surface area contributed by atoms with Crippen LogP contribution in [-0.4, -0.2) is 37.0 Å². The van der Waals surface area contributed by atoms with E-state index in [-0.39, 0.29) is 5.91 Å². The number of carbonyl (C=O) groups is 1. The Bertz CT molecular complexity index is 741. The maximum absolute atomic E-state index is 11.7. The number of thiazole rings is 1. The fourth-order valence-corrected chi connectivity index (χ4v) is 3.24. The number of nitrogens with zero attached hydrogens (tertiary/aromatic N) is 2. The van der Waals surface area contributed by atoms with Gasteiger partial charge in [0, 0.05) is 43.2 Å². The number of guanidine groups is 1. The van der Waals surface area contributed by atoms with Crippen LogP contribution in [-0.2, 0) is 19.4 Å². The highest BCUT2D eigenvalue weighted by Crippen LogP contribution is 2.13. The van der Waals surface area contributed by atoms with E-state index in [1.807, 2.05) is 31.3 Å². The lowest BCUT2D eigenvalue weighted by Crippen LogP contribution is -2.38. The molecule has 0 saturated carbocycles. The van der Waals surface area contributed by atoms with Crippen molar-refractivity contribution in [3.05, 3.63) is 51.5 Å². The maximum atomic E-state index is 11.7. The molecule has 2 rings (SSSR count). The van der Waals surface area contributed by atoms with Crippen molar-refractivity contribution in [3.63, 3.8) is 0 Å². The molecular weight excluding hydrogens is 346 g/mol. The lowest BCUT2D eigenvalue weighted by molar-refractivity contribution is 0.0963. The summed E-state index contributed by atoms with van der Waals surface area (Å²) in [5, 5.41) is 10.4. The molecule has 0 radical (unpaired) electrons. The van der Waals surface area contributed by atoms with E-state index in [1.165, 1.54) is 4.88 Å². The molecule has 0 aliphatic heterocycles. The highest BCUT2D eigenvalue weighted by Gasteiger charge is 2.05. The molecule has 0 aliphatic carbocycles. The van der Waals surface area contributed by atoms with Gasteiger partial charge in [0.05, 0.1) is 11.6 Å². The van der Waals surface area contributed by atoms with E-state index >= 15 is 0 Å². The normalized spacial score (nSPS) is 11.3. The zero-order valence-corrected chi connectivity index (χ0v) is 16.4. The van der Waals surface area contributed by atoms with E-state index in [4.69, 9.17) is 0 Å². The Balaban J connectivity index is 1.92. The minimum atomic E-state index is -0.0873. The molecule has 1 aromatic carbocycles. The van der Waals surface area contributed by atoms with Gasteiger partial charge >= 0.3 is 0 Å². The molecule has 0 fully saturated rings. The molecule has 140 valence electrons. The van der Waals surface area contributed by atoms with Gasteiger partial charge in [-0.15, -0.1) is 11.3 Å². The third-order valence-corrected chi connectivity index (χ3v) is 4.96. The molecule has 0 unspecified atom stereocenters. The standard InChI is InChI=1S/C19H27N5OS/c1-4-16-13-23-17(26-16)9-10-22-19(21-5-2)24-12-14-7-6-8-15(11-14)18(25)20-3/h6-8,11,13H,4-5,9-10,12H2,1-3H3,(H,20,25)(H2,21,22,24). The van der Waals surface area contributed by atoms with Crippen LogP contribution in [0.3, 0.4) is 0 Å². The minimum absolute atomic E-state index is 0.0873. The molecule has 7 heteroatoms. The number of amides is 1. The Hall–Kier alpha value is -2.41. The predicted octanol–water partition coefficient (Wildman–Crippen LogP) is 2.36. The van der Waals surface area contributed by atoms with Crippen LogP contribution in [0.1, 0.15) is 39.7 Å². The van der Waals surface area contributed by atoms with E-state index in [9.17, 15) is 4.79 Å². The van der Waals surface area contributed by atoms with Gasteiger partial charge in [0.25, 0.3) is 5.91 Å². The van der Waals surface area contributed by atoms with E-state index < -0.39 is 0 Å². The number of hydrogen-bond acceptors (Lipinski definition) is 4. The Kier molecular flexibility index (Phi) is 8.08. The molecule has 0 spiro atoms. The lowest BCUT2D eigenvalue weighted by atomic mass is 10.1. The molecule has 0 saturated heterocycles. The van der Waals surface area contributed by atoms with Gasteiger partial charge in [0.1, 0.15) is 0 Å². The second kappa shape index (κ2) is 10.6. The molecule has 0 bridgehead atoms. The molecular formula is C19H27N5OS. The van der Waals surface area contributed by atoms with Crippen LogP contribution in [0.25, 0.3) is 0 Å². The van der Waals surface area contributed by atoms with Crippen molar-refractivity contribution < 1.29 is 4.79 Å². The molecule has 6 nitrogen and oxygen atoms in total. The van der Waals surface area contributed by atoms with Crippen molar-refractivity contribution in [3.8, 4) is 0 Å². The van der Waals surface area contributed by atoms with Crippen LogP contribution in [0.2, 0.25) is 0 Å². The number of aliphatic imine (C=N–C) groups is 1. The van der Waals surface area contributed by atoms with E-state index in [0.29, 0.717) is 12.1 Å². The van der Waals surface area contributed by atoms with Crippen LogP contribution < -0.4 is 16.0 Å². The van der Waals surface area contributed by atoms with Crippen LogP contribution in [0.4, 0.5) is 0 Å². The summed E-state index contributed by atoms with van der Waals surface area (Å²) in [4.78, 5) is 22.1. The Morgan fingerprint density at radius 3 is 2.81 bits per heavy atom. The average molecular weight is 374 g/mol. The van der Waals surface area contributed by atoms with E-state index in [0.717, 1.165) is 42.5 Å². The van der Waals surface area contributed by atoms with Crippen LogP contribution in [0.5, 0.6) is 0 Å². The summed E-state index contributed by atoms with van der Waals surface area (Å²) in [6.07, 6.45) is 3.87. The molecule has 1 heterocycles. The third-order valence-electron chi connectivity index (χ3n) is 3.76. The van der Waals surface area contributed by atoms with Crippen molar-refractivity contribution in [2.24, 2.45) is 4.99 Å². The first-order valence-corrected chi connectivity index (χ1v) is 9.74. The van der Waals surface area contributed by atoms with Crippen LogP contribution in [0.15, 0.2) is 35.5 Å². The van der Waals surface area contributed by atoms with Gasteiger partial charge in [-0.1, -0.05) is 19.1 Å². The Labute approximate surface area is 159 Å². The fourth-order valence-electron chi connectivity index (χ4n) is 2.38. The van der Waals surface area contributed by atoms with E-state index in [1.54, 1.807) is 24.5 Å². The van der Waals surface area contributed by atoms with Crippen molar-refractivity contribution in [2.75, 3.05) is 20.1 Å². The fraction of sp³-hybridized carbons (Fsp3) is 0.421. The molecule has 2 aromatic rings. The lowest BCUT2D eigenvalue weighted by Gasteiger charge is -2.11. The van der Waals surface area contributed by atoms with E-state index in [2.05, 4.69) is 32.9 Å². The monoisotopic (exact) mass is 373 g/mol. The number of rotatable bonds is 8. The Morgan fingerprint density at radius 2 is 2.12 bits per heavy atom. The van der Waals surface area contributed by atoms with Gasteiger partial charge < -0.3 is 16.0 Å². The summed E-state index contributed by atoms with van der Waals surface area (Å²) in [5.41, 5.74) is 1.64. The predicted molar refractivity (Wildman–Crippen MR) is 108 cm³/mol. The van der Waals surface area contributed by atoms with Crippen molar-refractivity contribution >= 4 is 23.2 Å². The molecule has 0 aliphatic rings. The zero-order valence-electron chi connectivity index (χ0n) is 15.6. The summed E-state index contributed by atoms with van der Waals surface area (Å²) >= 11 is 1.77. The second-order valence-corrected chi connectivity index (χ2v) is 6.93. The van der Waals surface area contributed by atoms with Gasteiger partial charge in [-0.05, 0) is 31.0 Å². The summed E-state index contributed by atoms with van der Waals surface area (Å²) in [6, 6.07) is 7.52. The SMILES string of the molecule is CCNC(=NCc1cccc(C(=O)NC)c1)NCCc1ncc(CC)s1. The summed E-state index contributed by atoms with van der Waals surface area (Å²) in [6.45, 7) is 6.27. The number of benzene rings is 1. The quantitative estimate of drug-likeness (QED) is 0.490. The van der Waals surface area contributed by atoms with Gasteiger partial charge in [-0.3, -0.25) is 4.79 Å². The van der Waals surface area contributed by atoms with Gasteiger partial charge in [-0.2, -0.15) is 0 Å². The molecule has 3 N–H and O–H groups in total. The van der Waals surface area contributed by atoms with Gasteiger partial charge in [0.2, 0.25) is 0 Å². The first-order valence-electron chi connectivity index (χ1n) is 8.93. The zero-order chi connectivity index (χ0) is 18.8. The number of hydrogen-bond donors (Lipinski definition) is 3. The van der Waals surface area contributed by atoms with Crippen molar-refractivity contribution in [1.82, 2.24) is 20.9 Å². The number of aromatic nitrogens is 1. The maximum Gasteiger partial charge on any atom is 0.251 e. The highest BCUT2D eigenvalue weighted by atomic mass is 32.1. The second-order valence-electron chi connectivity index (χ2n) is 5.73. The minimum Gasteiger partial charge on any atom is -0.357 e. The molecule has 1 aromatic heterocycles. The summed E-state index contributed by atoms with van der Waals surface area (Å²) in [7, 11) is 1.63. The molecule has 26 heavy (non-hydrogen) atoms. The third kappa shape index (κ3) is 6.15.